The van der Waals surface area contributed by atoms with Crippen LogP contribution in [0.5, 0.6) is 28.7 Å². The first kappa shape index (κ1) is 10.1. The van der Waals surface area contributed by atoms with Crippen LogP contribution in [0.3, 0.4) is 0 Å². The van der Waals surface area contributed by atoms with Crippen LogP contribution in [-0.2, 0) is 28.8 Å². The first-order valence-electron chi connectivity index (χ1n) is 5.30. The molecule has 1 aromatic carbocycles. The van der Waals surface area contributed by atoms with Crippen molar-refractivity contribution < 1.29 is 45.8 Å². The summed E-state index contributed by atoms with van der Waals surface area (Å²) in [6.07, 6.45) is 0. The van der Waals surface area contributed by atoms with Crippen molar-refractivity contribution in [1.29, 1.82) is 0 Å². The highest BCUT2D eigenvalue weighted by Gasteiger charge is 2.77. The standard InChI is InChI=1S/C8O10P2/c9-7-8-1-2(12-7)4-6-5(15-19(10,14-4)16-6)3(1)13-20(11,17-8)18-8. The van der Waals surface area contributed by atoms with E-state index >= 15 is 0 Å². The highest BCUT2D eigenvalue weighted by molar-refractivity contribution is 7.51. The summed E-state index contributed by atoms with van der Waals surface area (Å²) in [7, 11) is -7.69. The van der Waals surface area contributed by atoms with Crippen molar-refractivity contribution in [3.05, 3.63) is 5.56 Å². The van der Waals surface area contributed by atoms with Gasteiger partial charge in [0.1, 0.15) is 5.56 Å². The molecule has 6 heterocycles. The third kappa shape index (κ3) is 0.768. The number of fused-ring (bicyclic) bond motifs is 2. The molecule has 0 radical (unpaired) electrons. The van der Waals surface area contributed by atoms with Crippen LogP contribution in [0.2, 0.25) is 0 Å². The maximum absolute atomic E-state index is 11.9. The molecule has 4 bridgehead atoms. The molecule has 1 unspecified atom stereocenters. The zero-order valence-electron chi connectivity index (χ0n) is 8.98. The smallest absolute Gasteiger partial charge is 0.417 e. The fourth-order valence-electron chi connectivity index (χ4n) is 2.66. The Bertz CT molecular complexity index is 876. The maximum atomic E-state index is 11.9. The lowest BCUT2D eigenvalue weighted by molar-refractivity contribution is -0.231. The Balaban J connectivity index is 1.80. The number of esters is 1. The molecular formula is C8O10P2. The van der Waals surface area contributed by atoms with E-state index in [4.69, 9.17) is 31.9 Å². The van der Waals surface area contributed by atoms with Gasteiger partial charge in [-0.25, -0.2) is 18.4 Å². The molecule has 0 amide bonds. The molecule has 10 nitrogen and oxygen atoms in total. The maximum Gasteiger partial charge on any atom is 0.647 e. The van der Waals surface area contributed by atoms with E-state index in [1.807, 2.05) is 0 Å². The van der Waals surface area contributed by atoms with Crippen LogP contribution in [0.25, 0.3) is 0 Å². The summed E-state index contributed by atoms with van der Waals surface area (Å²) >= 11 is 0. The van der Waals surface area contributed by atoms with E-state index in [9.17, 15) is 13.9 Å². The number of phosphoric acid groups is 2. The minimum atomic E-state index is -3.88. The quantitative estimate of drug-likeness (QED) is 0.396. The van der Waals surface area contributed by atoms with Crippen LogP contribution in [0.15, 0.2) is 0 Å². The largest absolute Gasteiger partial charge is 0.647 e. The normalized spacial score (nSPS) is 42.7. The minimum Gasteiger partial charge on any atom is -0.417 e. The topological polar surface area (TPSA) is 116 Å². The van der Waals surface area contributed by atoms with E-state index in [2.05, 4.69) is 0 Å². The Morgan fingerprint density at radius 2 is 1.30 bits per heavy atom. The van der Waals surface area contributed by atoms with Crippen LogP contribution in [0.4, 0.5) is 0 Å². The van der Waals surface area contributed by atoms with Gasteiger partial charge in [-0.2, -0.15) is 4.57 Å². The Morgan fingerprint density at radius 1 is 0.750 bits per heavy atom. The Hall–Kier alpha value is -1.73. The summed E-state index contributed by atoms with van der Waals surface area (Å²) in [6.45, 7) is 0. The SMILES string of the molecule is O=C1Oc2c3c4c(c5c2C12OP(=O)(O5)O2)OP(=O)(O4)O3. The van der Waals surface area contributed by atoms with E-state index < -0.39 is 27.4 Å². The number of carbonyl (C=O) groups is 1. The molecule has 1 fully saturated rings. The fourth-order valence-corrected chi connectivity index (χ4v) is 5.39. The van der Waals surface area contributed by atoms with Gasteiger partial charge in [0.2, 0.25) is 17.2 Å². The molecule has 0 saturated carbocycles. The van der Waals surface area contributed by atoms with Gasteiger partial charge in [0.05, 0.1) is 0 Å². The minimum absolute atomic E-state index is 0.0129. The molecule has 1 atom stereocenters. The highest BCUT2D eigenvalue weighted by atomic mass is 31.2. The molecule has 0 aromatic heterocycles. The molecule has 7 rings (SSSR count). The van der Waals surface area contributed by atoms with Crippen molar-refractivity contribution in [2.75, 3.05) is 0 Å². The molecule has 1 spiro atoms. The summed E-state index contributed by atoms with van der Waals surface area (Å²) in [6, 6.07) is 0. The van der Waals surface area contributed by atoms with Gasteiger partial charge in [0.15, 0.2) is 11.5 Å². The molecule has 20 heavy (non-hydrogen) atoms. The molecule has 0 N–H and O–H groups in total. The molecule has 1 aromatic rings. The summed E-state index contributed by atoms with van der Waals surface area (Å²) in [5.74, 6) is -3.14. The summed E-state index contributed by atoms with van der Waals surface area (Å²) in [4.78, 5) is 11.9. The lowest BCUT2D eigenvalue weighted by Gasteiger charge is -2.43. The van der Waals surface area contributed by atoms with Crippen molar-refractivity contribution in [2.45, 2.75) is 5.79 Å². The second kappa shape index (κ2) is 2.33. The van der Waals surface area contributed by atoms with Crippen LogP contribution in [-0.4, -0.2) is 5.97 Å². The number of ether oxygens (including phenoxy) is 1. The molecule has 6 aliphatic heterocycles. The van der Waals surface area contributed by atoms with Crippen LogP contribution < -0.4 is 22.8 Å². The second-order valence-corrected chi connectivity index (χ2v) is 7.35. The van der Waals surface area contributed by atoms with Crippen molar-refractivity contribution in [3.63, 3.8) is 0 Å². The summed E-state index contributed by atoms with van der Waals surface area (Å²) in [5.41, 5.74) is 0.0470. The average molecular weight is 318 g/mol. The van der Waals surface area contributed by atoms with Gasteiger partial charge in [-0.05, 0) is 0 Å². The van der Waals surface area contributed by atoms with Gasteiger partial charge >= 0.3 is 27.4 Å². The summed E-state index contributed by atoms with van der Waals surface area (Å²) in [5, 5.41) is 0. The third-order valence-electron chi connectivity index (χ3n) is 3.36. The van der Waals surface area contributed by atoms with Gasteiger partial charge in [-0.15, -0.1) is 0 Å². The van der Waals surface area contributed by atoms with Gasteiger partial charge in [0, 0.05) is 0 Å². The van der Waals surface area contributed by atoms with Crippen LogP contribution in [0, 0.1) is 0 Å². The average Bonchev–Trinajstić information content (AvgIpc) is 2.94. The Morgan fingerprint density at radius 3 is 2.00 bits per heavy atom. The molecule has 102 valence electrons. The monoisotopic (exact) mass is 318 g/mol. The Kier molecular flexibility index (Phi) is 1.17. The predicted molar refractivity (Wildman–Crippen MR) is 53.7 cm³/mol. The van der Waals surface area contributed by atoms with Crippen molar-refractivity contribution >= 4 is 21.6 Å². The van der Waals surface area contributed by atoms with E-state index in [1.165, 1.54) is 0 Å². The third-order valence-corrected chi connectivity index (χ3v) is 5.95. The first-order chi connectivity index (χ1) is 9.43. The lowest BCUT2D eigenvalue weighted by atomic mass is 10.0. The van der Waals surface area contributed by atoms with Gasteiger partial charge in [-0.3, -0.25) is 0 Å². The van der Waals surface area contributed by atoms with E-state index in [-0.39, 0.29) is 34.3 Å². The number of hydrogen-bond acceptors (Lipinski definition) is 10. The molecular weight excluding hydrogens is 318 g/mol. The van der Waals surface area contributed by atoms with Crippen molar-refractivity contribution in [1.82, 2.24) is 0 Å². The van der Waals surface area contributed by atoms with Gasteiger partial charge < -0.3 is 22.8 Å². The highest BCUT2D eigenvalue weighted by Crippen LogP contribution is 2.83. The second-order valence-electron chi connectivity index (χ2n) is 4.47. The van der Waals surface area contributed by atoms with E-state index in [0.717, 1.165) is 0 Å². The molecule has 0 aliphatic carbocycles. The fraction of sp³-hybridized carbons (Fsp3) is 0.125. The van der Waals surface area contributed by atoms with Gasteiger partial charge in [-0.1, -0.05) is 0 Å². The number of rotatable bonds is 0. The summed E-state index contributed by atoms with van der Waals surface area (Å²) < 4.78 is 58.9. The molecule has 1 saturated heterocycles. The number of carbonyl (C=O) groups excluding carboxylic acids is 1. The number of benzene rings is 1. The van der Waals surface area contributed by atoms with E-state index in [0.29, 0.717) is 0 Å². The molecule has 12 heteroatoms. The van der Waals surface area contributed by atoms with Crippen LogP contribution in [0.1, 0.15) is 5.56 Å². The number of phosphoric ester groups is 2. The first-order valence-corrected chi connectivity index (χ1v) is 8.22. The van der Waals surface area contributed by atoms with Crippen molar-refractivity contribution in [2.24, 2.45) is 0 Å². The molecule has 6 aliphatic rings. The predicted octanol–water partition coefficient (Wildman–Crippen LogP) is 1.58. The number of hydrogen-bond donors (Lipinski definition) is 0. The lowest BCUT2D eigenvalue weighted by Crippen LogP contribution is -2.49. The van der Waals surface area contributed by atoms with Gasteiger partial charge in [0.25, 0.3) is 0 Å². The zero-order valence-corrected chi connectivity index (χ0v) is 10.8. The Labute approximate surface area is 108 Å². The van der Waals surface area contributed by atoms with Crippen molar-refractivity contribution in [3.8, 4) is 28.7 Å². The van der Waals surface area contributed by atoms with E-state index in [1.54, 1.807) is 0 Å². The zero-order chi connectivity index (χ0) is 13.5. The van der Waals surface area contributed by atoms with Crippen LogP contribution >= 0.6 is 15.6 Å².